The molecule has 1 aliphatic heterocycles. The number of epoxide rings is 1. The summed E-state index contributed by atoms with van der Waals surface area (Å²) in [5.74, 6) is -2.49. The molecule has 22 heavy (non-hydrogen) atoms. The van der Waals surface area contributed by atoms with Gasteiger partial charge in [-0.3, -0.25) is 0 Å². The van der Waals surface area contributed by atoms with Gasteiger partial charge in [0.25, 0.3) is 0 Å². The van der Waals surface area contributed by atoms with E-state index in [2.05, 4.69) is 13.2 Å². The molecule has 0 radical (unpaired) electrons. The van der Waals surface area contributed by atoms with Crippen molar-refractivity contribution in [2.75, 3.05) is 13.2 Å². The molecule has 0 aliphatic carbocycles. The molecule has 122 valence electrons. The van der Waals surface area contributed by atoms with Crippen LogP contribution in [-0.4, -0.2) is 47.4 Å². The average Bonchev–Trinajstić information content (AvgIpc) is 3.25. The Balaban J connectivity index is 0.000000406. The van der Waals surface area contributed by atoms with Crippen LogP contribution in [0.5, 0.6) is 0 Å². The highest BCUT2D eigenvalue weighted by molar-refractivity contribution is 5.88. The number of allylic oxidation sites excluding steroid dienone is 1. The summed E-state index contributed by atoms with van der Waals surface area (Å²) >= 11 is 0. The number of ether oxygens (including phenoxy) is 2. The van der Waals surface area contributed by atoms with Gasteiger partial charge in [0.15, 0.2) is 0 Å². The Bertz CT molecular complexity index is 498. The summed E-state index contributed by atoms with van der Waals surface area (Å²) in [6.45, 7) is 10.8. The van der Waals surface area contributed by atoms with E-state index in [0.29, 0.717) is 18.8 Å². The van der Waals surface area contributed by atoms with E-state index in [-0.39, 0.29) is 29.6 Å². The van der Waals surface area contributed by atoms with E-state index in [0.717, 1.165) is 0 Å². The van der Waals surface area contributed by atoms with E-state index >= 15 is 0 Å². The Hall–Kier alpha value is -2.41. The molecule has 0 aromatic heterocycles. The topological polar surface area (TPSA) is 113 Å². The van der Waals surface area contributed by atoms with Gasteiger partial charge in [-0.15, -0.1) is 0 Å². The molecule has 1 rings (SSSR count). The van der Waals surface area contributed by atoms with E-state index in [1.54, 1.807) is 6.92 Å². The van der Waals surface area contributed by atoms with Crippen molar-refractivity contribution < 1.29 is 34.1 Å². The molecule has 0 aromatic rings. The summed E-state index contributed by atoms with van der Waals surface area (Å²) in [6.07, 6.45) is 1.52. The van der Waals surface area contributed by atoms with Crippen molar-refractivity contribution in [3.63, 3.8) is 0 Å². The van der Waals surface area contributed by atoms with Crippen molar-refractivity contribution in [2.45, 2.75) is 26.4 Å². The van der Waals surface area contributed by atoms with Crippen molar-refractivity contribution in [3.05, 3.63) is 36.0 Å². The van der Waals surface area contributed by atoms with E-state index in [4.69, 9.17) is 19.7 Å². The number of carboxylic acid groups (broad SMARTS) is 2. The van der Waals surface area contributed by atoms with E-state index in [9.17, 15) is 14.4 Å². The highest BCUT2D eigenvalue weighted by Gasteiger charge is 2.24. The van der Waals surface area contributed by atoms with Crippen molar-refractivity contribution in [3.8, 4) is 0 Å². The maximum absolute atomic E-state index is 10.7. The maximum atomic E-state index is 10.7. The standard InChI is InChI=1S/C8H10O4.C7H10O3/c1-5(7(9)10)3-4-6(2)8(11)12;1-5(2)7(8)10-4-6-3-9-6/h4H,1,3H2,2H3,(H,9,10)(H,11,12);6H,1,3-4H2,2H3. The summed E-state index contributed by atoms with van der Waals surface area (Å²) in [5, 5.41) is 16.7. The number of aliphatic carboxylic acids is 2. The second-order valence-electron chi connectivity index (χ2n) is 4.64. The number of carbonyl (C=O) groups excluding carboxylic acids is 1. The maximum Gasteiger partial charge on any atom is 0.333 e. The van der Waals surface area contributed by atoms with Crippen molar-refractivity contribution in [1.29, 1.82) is 0 Å². The van der Waals surface area contributed by atoms with Crippen LogP contribution >= 0.6 is 0 Å². The minimum absolute atomic E-state index is 0.0180. The number of rotatable bonds is 7. The number of hydrogen-bond donors (Lipinski definition) is 2. The molecule has 7 heteroatoms. The van der Waals surface area contributed by atoms with Crippen LogP contribution in [0, 0.1) is 0 Å². The molecule has 1 atom stereocenters. The highest BCUT2D eigenvalue weighted by atomic mass is 16.6. The van der Waals surface area contributed by atoms with Gasteiger partial charge in [0.05, 0.1) is 6.61 Å². The Kier molecular flexibility index (Phi) is 8.47. The fourth-order valence-electron chi connectivity index (χ4n) is 0.907. The third kappa shape index (κ3) is 9.49. The van der Waals surface area contributed by atoms with Crippen LogP contribution in [0.25, 0.3) is 0 Å². The first kappa shape index (κ1) is 19.6. The quantitative estimate of drug-likeness (QED) is 0.416. The molecular formula is C15H20O7. The van der Waals surface area contributed by atoms with Gasteiger partial charge in [-0.2, -0.15) is 0 Å². The molecular weight excluding hydrogens is 292 g/mol. The third-order valence-electron chi connectivity index (χ3n) is 2.45. The number of carboxylic acids is 2. The monoisotopic (exact) mass is 312 g/mol. The zero-order valence-electron chi connectivity index (χ0n) is 12.6. The molecule has 1 unspecified atom stereocenters. The van der Waals surface area contributed by atoms with Crippen LogP contribution in [0.1, 0.15) is 20.3 Å². The Morgan fingerprint density at radius 1 is 1.23 bits per heavy atom. The molecule has 0 bridgehead atoms. The van der Waals surface area contributed by atoms with E-state index < -0.39 is 11.9 Å². The molecule has 7 nitrogen and oxygen atoms in total. The average molecular weight is 312 g/mol. The fourth-order valence-corrected chi connectivity index (χ4v) is 0.907. The second kappa shape index (κ2) is 9.51. The SMILES string of the molecule is C=C(C)C(=O)OCC1CO1.C=C(CC=C(C)C(=O)O)C(=O)O. The lowest BCUT2D eigenvalue weighted by Crippen LogP contribution is -2.09. The Morgan fingerprint density at radius 3 is 2.14 bits per heavy atom. The van der Waals surface area contributed by atoms with Gasteiger partial charge < -0.3 is 19.7 Å². The van der Waals surface area contributed by atoms with Crippen molar-refractivity contribution in [2.24, 2.45) is 0 Å². The van der Waals surface area contributed by atoms with Crippen molar-refractivity contribution >= 4 is 17.9 Å². The van der Waals surface area contributed by atoms with E-state index in [1.165, 1.54) is 13.0 Å². The number of hydrogen-bond acceptors (Lipinski definition) is 5. The third-order valence-corrected chi connectivity index (χ3v) is 2.45. The Labute approximate surface area is 128 Å². The van der Waals surface area contributed by atoms with Crippen LogP contribution in [0.3, 0.4) is 0 Å². The summed E-state index contributed by atoms with van der Waals surface area (Å²) in [4.78, 5) is 31.1. The lowest BCUT2D eigenvalue weighted by molar-refractivity contribution is -0.139. The fraction of sp³-hybridized carbons (Fsp3) is 0.400. The normalized spacial score (nSPS) is 15.9. The van der Waals surface area contributed by atoms with Crippen LogP contribution in [0.4, 0.5) is 0 Å². The van der Waals surface area contributed by atoms with Gasteiger partial charge in [-0.1, -0.05) is 19.2 Å². The first-order valence-corrected chi connectivity index (χ1v) is 6.40. The van der Waals surface area contributed by atoms with Gasteiger partial charge >= 0.3 is 17.9 Å². The summed E-state index contributed by atoms with van der Waals surface area (Å²) in [5.41, 5.74) is 0.536. The summed E-state index contributed by atoms with van der Waals surface area (Å²) in [6, 6.07) is 0. The lowest BCUT2D eigenvalue weighted by atomic mass is 10.1. The molecule has 1 aliphatic rings. The summed E-state index contributed by atoms with van der Waals surface area (Å²) < 4.78 is 9.60. The number of esters is 1. The molecule has 0 spiro atoms. The second-order valence-corrected chi connectivity index (χ2v) is 4.64. The molecule has 0 aromatic carbocycles. The van der Waals surface area contributed by atoms with Crippen LogP contribution in [0.15, 0.2) is 36.0 Å². The van der Waals surface area contributed by atoms with Gasteiger partial charge in [-0.05, 0) is 20.3 Å². The van der Waals surface area contributed by atoms with Crippen molar-refractivity contribution in [1.82, 2.24) is 0 Å². The van der Waals surface area contributed by atoms with Crippen LogP contribution < -0.4 is 0 Å². The van der Waals surface area contributed by atoms with Gasteiger partial charge in [0.2, 0.25) is 0 Å². The van der Waals surface area contributed by atoms with Gasteiger partial charge in [-0.25, -0.2) is 14.4 Å². The lowest BCUT2D eigenvalue weighted by Gasteiger charge is -1.99. The van der Waals surface area contributed by atoms with Crippen LogP contribution in [-0.2, 0) is 23.9 Å². The molecule has 1 heterocycles. The first-order chi connectivity index (χ1) is 10.1. The Morgan fingerprint density at radius 2 is 1.77 bits per heavy atom. The van der Waals surface area contributed by atoms with Gasteiger partial charge in [0.1, 0.15) is 12.7 Å². The molecule has 0 saturated carbocycles. The zero-order valence-corrected chi connectivity index (χ0v) is 12.6. The van der Waals surface area contributed by atoms with E-state index in [1.807, 2.05) is 0 Å². The highest BCUT2D eigenvalue weighted by Crippen LogP contribution is 2.09. The number of carbonyl (C=O) groups is 3. The smallest absolute Gasteiger partial charge is 0.333 e. The largest absolute Gasteiger partial charge is 0.478 e. The predicted octanol–water partition coefficient (Wildman–Crippen LogP) is 1.55. The van der Waals surface area contributed by atoms with Crippen LogP contribution in [0.2, 0.25) is 0 Å². The summed E-state index contributed by atoms with van der Waals surface area (Å²) in [7, 11) is 0. The molecule has 1 saturated heterocycles. The first-order valence-electron chi connectivity index (χ1n) is 6.40. The molecule has 2 N–H and O–H groups in total. The predicted molar refractivity (Wildman–Crippen MR) is 78.3 cm³/mol. The molecule has 1 fully saturated rings. The molecule has 0 amide bonds. The van der Waals surface area contributed by atoms with Gasteiger partial charge in [0, 0.05) is 16.7 Å². The minimum Gasteiger partial charge on any atom is -0.478 e. The minimum atomic E-state index is -1.11. The zero-order chi connectivity index (χ0) is 17.3.